The Bertz CT molecular complexity index is 123. The number of ether oxygens (including phenoxy) is 1. The summed E-state index contributed by atoms with van der Waals surface area (Å²) in [6.07, 6.45) is 9.61. The molecular weight excluding hydrogens is 124 g/mol. The van der Waals surface area contributed by atoms with Crippen LogP contribution in [0.1, 0.15) is 6.92 Å². The van der Waals surface area contributed by atoms with Crippen LogP contribution in [0.5, 0.6) is 0 Å². The van der Waals surface area contributed by atoms with Gasteiger partial charge in [0.2, 0.25) is 0 Å². The fourth-order valence-corrected chi connectivity index (χ4v) is 0.465. The molecule has 0 aliphatic heterocycles. The summed E-state index contributed by atoms with van der Waals surface area (Å²) in [6.45, 7) is 6.80. The molecule has 0 fully saturated rings. The van der Waals surface area contributed by atoms with E-state index in [0.29, 0.717) is 13.2 Å². The molecule has 0 aliphatic carbocycles. The first-order chi connectivity index (χ1) is 4.91. The maximum atomic E-state index is 5.09. The summed E-state index contributed by atoms with van der Waals surface area (Å²) >= 11 is 0. The highest BCUT2D eigenvalue weighted by atomic mass is 16.5. The van der Waals surface area contributed by atoms with Crippen LogP contribution in [0, 0.1) is 0 Å². The predicted octanol–water partition coefficient (Wildman–Crippen LogP) is 2.32. The fraction of sp³-hybridized carbons (Fsp3) is 0.333. The minimum absolute atomic E-state index is 0.625. The van der Waals surface area contributed by atoms with Crippen LogP contribution in [0.15, 0.2) is 37.0 Å². The van der Waals surface area contributed by atoms with Crippen LogP contribution in [-0.2, 0) is 4.74 Å². The van der Waals surface area contributed by atoms with Crippen molar-refractivity contribution >= 4 is 0 Å². The molecule has 10 heavy (non-hydrogen) atoms. The third kappa shape index (κ3) is 7.18. The number of rotatable bonds is 5. The Morgan fingerprint density at radius 2 is 2.10 bits per heavy atom. The van der Waals surface area contributed by atoms with Crippen molar-refractivity contribution in [3.8, 4) is 0 Å². The van der Waals surface area contributed by atoms with E-state index in [1.807, 2.05) is 31.2 Å². The number of hydrogen-bond acceptors (Lipinski definition) is 1. The van der Waals surface area contributed by atoms with Crippen molar-refractivity contribution in [1.29, 1.82) is 0 Å². The smallest absolute Gasteiger partial charge is 0.0654 e. The summed E-state index contributed by atoms with van der Waals surface area (Å²) in [5.74, 6) is 0. The topological polar surface area (TPSA) is 9.23 Å². The molecule has 0 saturated heterocycles. The quantitative estimate of drug-likeness (QED) is 0.322. The Kier molecular flexibility index (Phi) is 7.51. The SMILES string of the molecule is C=CCOC/C=C/C=C/C. The van der Waals surface area contributed by atoms with E-state index >= 15 is 0 Å². The van der Waals surface area contributed by atoms with E-state index in [2.05, 4.69) is 6.58 Å². The van der Waals surface area contributed by atoms with Gasteiger partial charge in [-0.1, -0.05) is 30.4 Å². The van der Waals surface area contributed by atoms with Crippen molar-refractivity contribution in [2.45, 2.75) is 6.92 Å². The summed E-state index contributed by atoms with van der Waals surface area (Å²) in [5, 5.41) is 0. The maximum absolute atomic E-state index is 5.09. The molecule has 56 valence electrons. The molecule has 1 heteroatoms. The zero-order valence-electron chi connectivity index (χ0n) is 6.42. The molecule has 1 nitrogen and oxygen atoms in total. The molecule has 0 aromatic heterocycles. The summed E-state index contributed by atoms with van der Waals surface area (Å²) in [5.41, 5.74) is 0. The first-order valence-corrected chi connectivity index (χ1v) is 3.38. The lowest BCUT2D eigenvalue weighted by molar-refractivity contribution is 0.194. The average molecular weight is 138 g/mol. The summed E-state index contributed by atoms with van der Waals surface area (Å²) in [7, 11) is 0. The van der Waals surface area contributed by atoms with Gasteiger partial charge in [0.25, 0.3) is 0 Å². The highest BCUT2D eigenvalue weighted by Crippen LogP contribution is 1.79. The Labute approximate surface area is 62.7 Å². The number of allylic oxidation sites excluding steroid dienone is 3. The Balaban J connectivity index is 3.09. The van der Waals surface area contributed by atoms with Gasteiger partial charge in [-0.05, 0) is 6.92 Å². The Morgan fingerprint density at radius 1 is 1.30 bits per heavy atom. The summed E-state index contributed by atoms with van der Waals surface area (Å²) < 4.78 is 5.09. The van der Waals surface area contributed by atoms with Crippen molar-refractivity contribution in [1.82, 2.24) is 0 Å². The minimum Gasteiger partial charge on any atom is -0.373 e. The normalized spacial score (nSPS) is 11.3. The van der Waals surface area contributed by atoms with Gasteiger partial charge in [0.05, 0.1) is 13.2 Å². The van der Waals surface area contributed by atoms with Crippen LogP contribution in [-0.4, -0.2) is 13.2 Å². The van der Waals surface area contributed by atoms with Crippen LogP contribution < -0.4 is 0 Å². The second kappa shape index (κ2) is 8.18. The molecule has 0 aromatic rings. The molecule has 0 N–H and O–H groups in total. The average Bonchev–Trinajstić information content (AvgIpc) is 1.97. The van der Waals surface area contributed by atoms with Crippen molar-refractivity contribution < 1.29 is 4.74 Å². The monoisotopic (exact) mass is 138 g/mol. The van der Waals surface area contributed by atoms with Crippen molar-refractivity contribution in [3.05, 3.63) is 37.0 Å². The first-order valence-electron chi connectivity index (χ1n) is 3.38. The van der Waals surface area contributed by atoms with Gasteiger partial charge < -0.3 is 4.74 Å². The van der Waals surface area contributed by atoms with Gasteiger partial charge >= 0.3 is 0 Å². The van der Waals surface area contributed by atoms with Crippen LogP contribution in [0.3, 0.4) is 0 Å². The molecule has 0 bridgehead atoms. The Hall–Kier alpha value is -0.820. The highest BCUT2D eigenvalue weighted by Gasteiger charge is 1.73. The van der Waals surface area contributed by atoms with Crippen molar-refractivity contribution in [2.24, 2.45) is 0 Å². The second-order valence-corrected chi connectivity index (χ2v) is 1.78. The molecule has 0 rings (SSSR count). The molecule has 0 atom stereocenters. The predicted molar refractivity (Wildman–Crippen MR) is 45.0 cm³/mol. The maximum Gasteiger partial charge on any atom is 0.0654 e. The minimum atomic E-state index is 0.625. The van der Waals surface area contributed by atoms with Gasteiger partial charge in [-0.3, -0.25) is 0 Å². The van der Waals surface area contributed by atoms with Gasteiger partial charge in [0.1, 0.15) is 0 Å². The molecule has 0 unspecified atom stereocenters. The van der Waals surface area contributed by atoms with Gasteiger partial charge in [-0.15, -0.1) is 6.58 Å². The zero-order valence-corrected chi connectivity index (χ0v) is 6.42. The van der Waals surface area contributed by atoms with Crippen LogP contribution in [0.4, 0.5) is 0 Å². The molecule has 0 amide bonds. The summed E-state index contributed by atoms with van der Waals surface area (Å²) in [4.78, 5) is 0. The third-order valence-corrected chi connectivity index (χ3v) is 0.889. The second-order valence-electron chi connectivity index (χ2n) is 1.78. The largest absolute Gasteiger partial charge is 0.373 e. The standard InChI is InChI=1S/C9H14O/c1-3-5-6-7-9-10-8-4-2/h3-7H,2,8-9H2,1H3/b5-3+,7-6+. The van der Waals surface area contributed by atoms with Gasteiger partial charge in [0, 0.05) is 0 Å². The van der Waals surface area contributed by atoms with Gasteiger partial charge in [0.15, 0.2) is 0 Å². The van der Waals surface area contributed by atoms with E-state index in [9.17, 15) is 0 Å². The van der Waals surface area contributed by atoms with Gasteiger partial charge in [-0.25, -0.2) is 0 Å². The molecule has 0 heterocycles. The van der Waals surface area contributed by atoms with E-state index in [4.69, 9.17) is 4.74 Å². The molecule has 0 aliphatic rings. The van der Waals surface area contributed by atoms with E-state index in [1.165, 1.54) is 0 Å². The lowest BCUT2D eigenvalue weighted by Crippen LogP contribution is -1.88. The van der Waals surface area contributed by atoms with E-state index in [-0.39, 0.29) is 0 Å². The van der Waals surface area contributed by atoms with Crippen LogP contribution >= 0.6 is 0 Å². The highest BCUT2D eigenvalue weighted by molar-refractivity contribution is 5.00. The summed E-state index contributed by atoms with van der Waals surface area (Å²) in [6, 6.07) is 0. The van der Waals surface area contributed by atoms with E-state index < -0.39 is 0 Å². The zero-order chi connectivity index (χ0) is 7.66. The van der Waals surface area contributed by atoms with Crippen molar-refractivity contribution in [2.75, 3.05) is 13.2 Å². The molecule has 0 saturated carbocycles. The molecule has 0 aromatic carbocycles. The van der Waals surface area contributed by atoms with E-state index in [0.717, 1.165) is 0 Å². The van der Waals surface area contributed by atoms with Gasteiger partial charge in [-0.2, -0.15) is 0 Å². The third-order valence-electron chi connectivity index (χ3n) is 0.889. The lowest BCUT2D eigenvalue weighted by Gasteiger charge is -1.91. The lowest BCUT2D eigenvalue weighted by atomic mass is 10.4. The fourth-order valence-electron chi connectivity index (χ4n) is 0.465. The number of hydrogen-bond donors (Lipinski definition) is 0. The van der Waals surface area contributed by atoms with Crippen LogP contribution in [0.2, 0.25) is 0 Å². The Morgan fingerprint density at radius 3 is 2.70 bits per heavy atom. The first kappa shape index (κ1) is 9.18. The van der Waals surface area contributed by atoms with Crippen LogP contribution in [0.25, 0.3) is 0 Å². The molecule has 0 spiro atoms. The molecule has 0 radical (unpaired) electrons. The van der Waals surface area contributed by atoms with Crippen molar-refractivity contribution in [3.63, 3.8) is 0 Å². The molecular formula is C9H14O. The van der Waals surface area contributed by atoms with E-state index in [1.54, 1.807) is 6.08 Å².